The number of amides is 2. The van der Waals surface area contributed by atoms with Gasteiger partial charge in [-0.05, 0) is 86.8 Å². The summed E-state index contributed by atoms with van der Waals surface area (Å²) in [7, 11) is 2.13. The molecule has 0 spiro atoms. The molecule has 5 rings (SSSR count). The van der Waals surface area contributed by atoms with Crippen molar-refractivity contribution in [1.82, 2.24) is 20.2 Å². The van der Waals surface area contributed by atoms with Gasteiger partial charge in [-0.15, -0.1) is 0 Å². The lowest BCUT2D eigenvalue weighted by Gasteiger charge is -2.34. The zero-order chi connectivity index (χ0) is 31.9. The number of carbonyl (C=O) groups excluding carboxylic acids is 2. The molecular weight excluding hydrogens is 564 g/mol. The van der Waals surface area contributed by atoms with Crippen LogP contribution in [0.5, 0.6) is 0 Å². The normalized spacial score (nSPS) is 15.9. The fourth-order valence-electron chi connectivity index (χ4n) is 6.52. The van der Waals surface area contributed by atoms with E-state index < -0.39 is 0 Å². The summed E-state index contributed by atoms with van der Waals surface area (Å²) in [4.78, 5) is 54.0. The first-order chi connectivity index (χ1) is 21.8. The van der Waals surface area contributed by atoms with Crippen LogP contribution in [0.2, 0.25) is 0 Å². The zero-order valence-corrected chi connectivity index (χ0v) is 26.9. The SMILES string of the molecule is C=CC(=O)N(c1cc(C(=O)NCc2c(CCC)cc(C)[nH]c2=O)cc(-c2ccc(N3CCN(C)CC3)nc2)c1)C1CCCCC1. The van der Waals surface area contributed by atoms with Crippen LogP contribution < -0.4 is 20.7 Å². The summed E-state index contributed by atoms with van der Waals surface area (Å²) in [6, 6.07) is 11.7. The summed E-state index contributed by atoms with van der Waals surface area (Å²) in [5.74, 6) is 0.444. The van der Waals surface area contributed by atoms with E-state index in [9.17, 15) is 14.4 Å². The number of likely N-dealkylation sites (N-methyl/N-ethyl adjacent to an activating group) is 1. The molecule has 2 fully saturated rings. The van der Waals surface area contributed by atoms with Crippen molar-refractivity contribution in [1.29, 1.82) is 0 Å². The van der Waals surface area contributed by atoms with Crippen molar-refractivity contribution in [2.24, 2.45) is 0 Å². The Morgan fingerprint density at radius 3 is 2.49 bits per heavy atom. The van der Waals surface area contributed by atoms with Crippen LogP contribution in [-0.4, -0.2) is 66.0 Å². The minimum absolute atomic E-state index is 0.0378. The molecule has 2 N–H and O–H groups in total. The average molecular weight is 611 g/mol. The summed E-state index contributed by atoms with van der Waals surface area (Å²) in [6.45, 7) is 11.7. The van der Waals surface area contributed by atoms with Crippen molar-refractivity contribution in [2.45, 2.75) is 71.4 Å². The Morgan fingerprint density at radius 1 is 1.07 bits per heavy atom. The van der Waals surface area contributed by atoms with Gasteiger partial charge in [0.25, 0.3) is 17.4 Å². The van der Waals surface area contributed by atoms with Crippen molar-refractivity contribution in [2.75, 3.05) is 43.0 Å². The molecule has 0 atom stereocenters. The van der Waals surface area contributed by atoms with Crippen LogP contribution in [0.1, 0.15) is 72.6 Å². The number of aryl methyl sites for hydroxylation is 2. The summed E-state index contributed by atoms with van der Waals surface area (Å²) < 4.78 is 0. The van der Waals surface area contributed by atoms with E-state index in [1.807, 2.05) is 48.4 Å². The molecule has 0 radical (unpaired) electrons. The molecule has 1 saturated heterocycles. The predicted molar refractivity (Wildman–Crippen MR) is 181 cm³/mol. The number of hydrogen-bond acceptors (Lipinski definition) is 6. The van der Waals surface area contributed by atoms with Gasteiger partial charge in [0.1, 0.15) is 5.82 Å². The molecule has 1 aliphatic carbocycles. The topological polar surface area (TPSA) is 102 Å². The van der Waals surface area contributed by atoms with Gasteiger partial charge in [-0.2, -0.15) is 0 Å². The fraction of sp³-hybridized carbons (Fsp3) is 0.444. The number of H-pyrrole nitrogens is 1. The molecule has 3 heterocycles. The van der Waals surface area contributed by atoms with Crippen molar-refractivity contribution < 1.29 is 9.59 Å². The number of piperazine rings is 1. The van der Waals surface area contributed by atoms with Gasteiger partial charge in [-0.3, -0.25) is 14.4 Å². The summed E-state index contributed by atoms with van der Waals surface area (Å²) in [6.07, 6.45) is 9.93. The number of carbonyl (C=O) groups is 2. The Labute approximate surface area is 266 Å². The number of nitrogens with one attached hydrogen (secondary N) is 2. The van der Waals surface area contributed by atoms with Crippen molar-refractivity contribution in [3.63, 3.8) is 0 Å². The van der Waals surface area contributed by atoms with E-state index in [1.54, 1.807) is 6.07 Å². The molecule has 9 nitrogen and oxygen atoms in total. The van der Waals surface area contributed by atoms with Gasteiger partial charge in [0, 0.05) is 73.0 Å². The molecule has 0 unspecified atom stereocenters. The summed E-state index contributed by atoms with van der Waals surface area (Å²) in [5, 5.41) is 2.99. The maximum Gasteiger partial charge on any atom is 0.253 e. The molecule has 238 valence electrons. The van der Waals surface area contributed by atoms with Crippen molar-refractivity contribution in [3.8, 4) is 11.1 Å². The third kappa shape index (κ3) is 7.71. The Morgan fingerprint density at radius 2 is 1.82 bits per heavy atom. The van der Waals surface area contributed by atoms with E-state index in [0.717, 1.165) is 99.3 Å². The number of aromatic nitrogens is 2. The highest BCUT2D eigenvalue weighted by atomic mass is 16.2. The number of nitrogens with zero attached hydrogens (tertiary/aromatic N) is 4. The third-order valence-corrected chi connectivity index (χ3v) is 9.03. The molecule has 9 heteroatoms. The molecule has 0 bridgehead atoms. The molecule has 2 aromatic heterocycles. The monoisotopic (exact) mass is 610 g/mol. The van der Waals surface area contributed by atoms with Crippen molar-refractivity contribution in [3.05, 3.63) is 88.0 Å². The van der Waals surface area contributed by atoms with E-state index in [-0.39, 0.29) is 30.0 Å². The first-order valence-corrected chi connectivity index (χ1v) is 16.3. The van der Waals surface area contributed by atoms with Crippen molar-refractivity contribution >= 4 is 23.3 Å². The molecule has 2 aliphatic rings. The number of rotatable bonds is 10. The van der Waals surface area contributed by atoms with Gasteiger partial charge in [0.15, 0.2) is 0 Å². The van der Waals surface area contributed by atoms with E-state index in [2.05, 4.69) is 40.7 Å². The van der Waals surface area contributed by atoms with E-state index in [4.69, 9.17) is 4.98 Å². The largest absolute Gasteiger partial charge is 0.354 e. The molecule has 45 heavy (non-hydrogen) atoms. The highest BCUT2D eigenvalue weighted by Gasteiger charge is 2.27. The summed E-state index contributed by atoms with van der Waals surface area (Å²) in [5.41, 5.74) is 4.88. The van der Waals surface area contributed by atoms with Crippen LogP contribution >= 0.6 is 0 Å². The van der Waals surface area contributed by atoms with Gasteiger partial charge in [0.05, 0.1) is 0 Å². The second-order valence-corrected chi connectivity index (χ2v) is 12.4. The number of hydrogen-bond donors (Lipinski definition) is 2. The lowest BCUT2D eigenvalue weighted by Crippen LogP contribution is -2.44. The Hall–Kier alpha value is -4.24. The fourth-order valence-corrected chi connectivity index (χ4v) is 6.52. The maximum atomic E-state index is 13.8. The molecule has 3 aromatic rings. The van der Waals surface area contributed by atoms with Gasteiger partial charge in [-0.1, -0.05) is 39.2 Å². The molecule has 1 aromatic carbocycles. The second-order valence-electron chi connectivity index (χ2n) is 12.4. The molecular formula is C36H46N6O3. The Bertz CT molecular complexity index is 1570. The number of benzene rings is 1. The molecule has 1 saturated carbocycles. The lowest BCUT2D eigenvalue weighted by molar-refractivity contribution is -0.114. The first-order valence-electron chi connectivity index (χ1n) is 16.3. The highest BCUT2D eigenvalue weighted by Crippen LogP contribution is 2.33. The van der Waals surface area contributed by atoms with Crippen LogP contribution in [0.4, 0.5) is 11.5 Å². The Kier molecular flexibility index (Phi) is 10.5. The number of anilines is 2. The average Bonchev–Trinajstić information content (AvgIpc) is 3.05. The Balaban J connectivity index is 1.49. The van der Waals surface area contributed by atoms with Gasteiger partial charge in [-0.25, -0.2) is 4.98 Å². The quantitative estimate of drug-likeness (QED) is 0.305. The first kappa shape index (κ1) is 32.2. The smallest absolute Gasteiger partial charge is 0.253 e. The highest BCUT2D eigenvalue weighted by molar-refractivity contribution is 6.04. The third-order valence-electron chi connectivity index (χ3n) is 9.03. The minimum Gasteiger partial charge on any atom is -0.354 e. The van der Waals surface area contributed by atoms with Gasteiger partial charge < -0.3 is 25.0 Å². The van der Waals surface area contributed by atoms with Crippen LogP contribution in [0.3, 0.4) is 0 Å². The number of aromatic amines is 1. The summed E-state index contributed by atoms with van der Waals surface area (Å²) >= 11 is 0. The van der Waals surface area contributed by atoms with E-state index in [1.165, 1.54) is 6.08 Å². The van der Waals surface area contributed by atoms with Crippen LogP contribution in [0.15, 0.2) is 60.0 Å². The van der Waals surface area contributed by atoms with E-state index >= 15 is 0 Å². The second kappa shape index (κ2) is 14.7. The lowest BCUT2D eigenvalue weighted by atomic mass is 9.93. The molecule has 1 aliphatic heterocycles. The van der Waals surface area contributed by atoms with Crippen LogP contribution in [-0.2, 0) is 17.8 Å². The van der Waals surface area contributed by atoms with Crippen LogP contribution in [0, 0.1) is 6.92 Å². The minimum atomic E-state index is -0.308. The predicted octanol–water partition coefficient (Wildman–Crippen LogP) is 5.23. The van der Waals surface area contributed by atoms with Crippen LogP contribution in [0.25, 0.3) is 11.1 Å². The maximum absolute atomic E-state index is 13.8. The number of pyridine rings is 2. The van der Waals surface area contributed by atoms with Gasteiger partial charge >= 0.3 is 0 Å². The van der Waals surface area contributed by atoms with Gasteiger partial charge in [0.2, 0.25) is 0 Å². The standard InChI is InChI=1S/C36H46N6O3/c1-5-10-26-19-25(3)39-36(45)32(26)24-38-35(44)29-20-28(27-13-14-33(37-23-27)41-17-15-40(4)16-18-41)21-31(22-29)42(34(43)6-2)30-11-8-7-9-12-30/h6,13-14,19-23,30H,2,5,7-12,15-18,24H2,1,3-4H3,(H,38,44)(H,39,45). The zero-order valence-electron chi connectivity index (χ0n) is 26.9. The van der Waals surface area contributed by atoms with E-state index in [0.29, 0.717) is 16.8 Å². The molecule has 2 amide bonds.